The molecule has 6 rings (SSSR count). The fraction of sp³-hybridized carbons (Fsp3) is 0.406. The SMILES string of the molecule is COc1nc(N2CCNCC2)nc2oc(-c3ccc(C4(NC(=O)OC(C)(C)C)CCC4)cc3)c(-c3ccccc3)c12. The van der Waals surface area contributed by atoms with Gasteiger partial charge in [-0.3, -0.25) is 0 Å². The Balaban J connectivity index is 1.41. The summed E-state index contributed by atoms with van der Waals surface area (Å²) in [6.07, 6.45) is 2.39. The first-order valence-electron chi connectivity index (χ1n) is 14.3. The van der Waals surface area contributed by atoms with E-state index in [9.17, 15) is 4.79 Å². The van der Waals surface area contributed by atoms with Crippen LogP contribution in [0.3, 0.4) is 0 Å². The Kier molecular flexibility index (Phi) is 7.07. The van der Waals surface area contributed by atoms with Crippen LogP contribution in [-0.4, -0.2) is 55.0 Å². The molecule has 1 amide bonds. The van der Waals surface area contributed by atoms with Gasteiger partial charge in [0.15, 0.2) is 0 Å². The van der Waals surface area contributed by atoms with Crippen LogP contribution in [0.5, 0.6) is 5.88 Å². The van der Waals surface area contributed by atoms with Crippen molar-refractivity contribution in [2.75, 3.05) is 38.2 Å². The number of nitrogens with zero attached hydrogens (tertiary/aromatic N) is 3. The summed E-state index contributed by atoms with van der Waals surface area (Å²) in [4.78, 5) is 24.5. The van der Waals surface area contributed by atoms with Gasteiger partial charge in [-0.05, 0) is 51.2 Å². The lowest BCUT2D eigenvalue weighted by Crippen LogP contribution is -2.52. The van der Waals surface area contributed by atoms with Gasteiger partial charge in [0.05, 0.1) is 12.6 Å². The predicted molar refractivity (Wildman–Crippen MR) is 159 cm³/mol. The van der Waals surface area contributed by atoms with Crippen LogP contribution in [0.2, 0.25) is 0 Å². The molecule has 2 aromatic carbocycles. The molecule has 9 nitrogen and oxygen atoms in total. The summed E-state index contributed by atoms with van der Waals surface area (Å²) in [5.74, 6) is 1.79. The Morgan fingerprint density at radius 3 is 2.32 bits per heavy atom. The van der Waals surface area contributed by atoms with E-state index in [0.717, 1.165) is 73.1 Å². The van der Waals surface area contributed by atoms with E-state index >= 15 is 0 Å². The molecule has 1 aliphatic heterocycles. The Bertz CT molecular complexity index is 1530. The maximum Gasteiger partial charge on any atom is 0.408 e. The highest BCUT2D eigenvalue weighted by Crippen LogP contribution is 2.46. The van der Waals surface area contributed by atoms with Gasteiger partial charge in [-0.15, -0.1) is 0 Å². The van der Waals surface area contributed by atoms with E-state index in [1.54, 1.807) is 7.11 Å². The average molecular weight is 556 g/mol. The van der Waals surface area contributed by atoms with Gasteiger partial charge in [0.2, 0.25) is 17.5 Å². The van der Waals surface area contributed by atoms with Crippen LogP contribution in [0.4, 0.5) is 10.7 Å². The molecule has 0 atom stereocenters. The van der Waals surface area contributed by atoms with Gasteiger partial charge < -0.3 is 29.4 Å². The molecule has 0 unspecified atom stereocenters. The van der Waals surface area contributed by atoms with Crippen LogP contribution < -0.4 is 20.3 Å². The fourth-order valence-electron chi connectivity index (χ4n) is 5.65. The standard InChI is InChI=1S/C32H37N5O4/c1-31(2,3)41-30(38)36-32(15-8-16-32)23-13-11-22(12-14-23)26-24(21-9-6-5-7-10-21)25-27(39-4)34-29(35-28(25)40-26)37-19-17-33-18-20-37/h5-7,9-14,33H,8,15-20H2,1-4H3,(H,36,38). The molecule has 9 heteroatoms. The number of ether oxygens (including phenoxy) is 2. The Hall–Kier alpha value is -4.11. The van der Waals surface area contributed by atoms with E-state index in [1.807, 2.05) is 51.1 Å². The highest BCUT2D eigenvalue weighted by atomic mass is 16.6. The molecule has 2 fully saturated rings. The number of benzene rings is 2. The number of carbonyl (C=O) groups excluding carboxylic acids is 1. The molecule has 41 heavy (non-hydrogen) atoms. The number of piperazine rings is 1. The first-order valence-corrected chi connectivity index (χ1v) is 14.3. The van der Waals surface area contributed by atoms with Crippen molar-refractivity contribution in [1.29, 1.82) is 0 Å². The zero-order valence-electron chi connectivity index (χ0n) is 24.1. The lowest BCUT2D eigenvalue weighted by atomic mass is 9.71. The molecular weight excluding hydrogens is 518 g/mol. The summed E-state index contributed by atoms with van der Waals surface area (Å²) in [5.41, 5.74) is 3.35. The molecule has 4 aromatic rings. The Morgan fingerprint density at radius 1 is 1.00 bits per heavy atom. The van der Waals surface area contributed by atoms with Gasteiger partial charge in [-0.2, -0.15) is 9.97 Å². The monoisotopic (exact) mass is 555 g/mol. The number of hydrogen-bond acceptors (Lipinski definition) is 8. The molecule has 0 spiro atoms. The Morgan fingerprint density at radius 2 is 1.71 bits per heavy atom. The first kappa shape index (κ1) is 27.1. The minimum Gasteiger partial charge on any atom is -0.480 e. The lowest BCUT2D eigenvalue weighted by molar-refractivity contribution is 0.0377. The molecular formula is C32H37N5O4. The summed E-state index contributed by atoms with van der Waals surface area (Å²) in [6.45, 7) is 9.00. The normalized spacial score (nSPS) is 16.7. The molecule has 214 valence electrons. The van der Waals surface area contributed by atoms with Crippen molar-refractivity contribution >= 4 is 23.1 Å². The lowest BCUT2D eigenvalue weighted by Gasteiger charge is -2.43. The third kappa shape index (κ3) is 5.34. The van der Waals surface area contributed by atoms with Gasteiger partial charge in [-0.25, -0.2) is 4.79 Å². The third-order valence-corrected chi connectivity index (χ3v) is 7.81. The van der Waals surface area contributed by atoms with Crippen LogP contribution >= 0.6 is 0 Å². The molecule has 1 saturated carbocycles. The van der Waals surface area contributed by atoms with Crippen LogP contribution in [-0.2, 0) is 10.3 Å². The van der Waals surface area contributed by atoms with Crippen LogP contribution in [0, 0.1) is 0 Å². The van der Waals surface area contributed by atoms with E-state index in [-0.39, 0.29) is 0 Å². The summed E-state index contributed by atoms with van der Waals surface area (Å²) in [5, 5.41) is 7.26. The minimum atomic E-state index is -0.553. The number of aromatic nitrogens is 2. The first-order chi connectivity index (χ1) is 19.8. The van der Waals surface area contributed by atoms with E-state index < -0.39 is 17.2 Å². The maximum atomic E-state index is 12.7. The summed E-state index contributed by atoms with van der Waals surface area (Å²) < 4.78 is 17.9. The highest BCUT2D eigenvalue weighted by molar-refractivity contribution is 6.03. The number of methoxy groups -OCH3 is 1. The van der Waals surface area contributed by atoms with Crippen LogP contribution in [0.15, 0.2) is 59.0 Å². The van der Waals surface area contributed by atoms with Gasteiger partial charge >= 0.3 is 6.09 Å². The molecule has 2 N–H and O–H groups in total. The highest BCUT2D eigenvalue weighted by Gasteiger charge is 2.41. The number of nitrogens with one attached hydrogen (secondary N) is 2. The second kappa shape index (κ2) is 10.7. The molecule has 0 radical (unpaired) electrons. The van der Waals surface area contributed by atoms with E-state index in [0.29, 0.717) is 23.3 Å². The zero-order valence-corrected chi connectivity index (χ0v) is 24.1. The second-order valence-corrected chi connectivity index (χ2v) is 11.8. The van der Waals surface area contributed by atoms with Crippen molar-refractivity contribution in [3.63, 3.8) is 0 Å². The second-order valence-electron chi connectivity index (χ2n) is 11.8. The molecule has 1 saturated heterocycles. The van der Waals surface area contributed by atoms with Crippen LogP contribution in [0.25, 0.3) is 33.6 Å². The predicted octanol–water partition coefficient (Wildman–Crippen LogP) is 5.88. The number of furan rings is 1. The number of hydrogen-bond donors (Lipinski definition) is 2. The van der Waals surface area contributed by atoms with E-state index in [1.165, 1.54) is 0 Å². The fourth-order valence-corrected chi connectivity index (χ4v) is 5.65. The van der Waals surface area contributed by atoms with Crippen molar-refractivity contribution in [1.82, 2.24) is 20.6 Å². The third-order valence-electron chi connectivity index (χ3n) is 7.81. The summed E-state index contributed by atoms with van der Waals surface area (Å²) in [7, 11) is 1.63. The smallest absolute Gasteiger partial charge is 0.408 e. The molecule has 3 heterocycles. The number of alkyl carbamates (subject to hydrolysis) is 1. The Labute approximate surface area is 240 Å². The number of fused-ring (bicyclic) bond motifs is 1. The minimum absolute atomic E-state index is 0.393. The van der Waals surface area contributed by atoms with Crippen molar-refractivity contribution in [3.05, 3.63) is 60.2 Å². The van der Waals surface area contributed by atoms with E-state index in [2.05, 4.69) is 39.8 Å². The van der Waals surface area contributed by atoms with Crippen molar-refractivity contribution < 1.29 is 18.7 Å². The van der Waals surface area contributed by atoms with Crippen LogP contribution in [0.1, 0.15) is 45.6 Å². The molecule has 2 aliphatic rings. The van der Waals surface area contributed by atoms with Crippen molar-refractivity contribution in [2.45, 2.75) is 51.2 Å². The van der Waals surface area contributed by atoms with Gasteiger partial charge in [-0.1, -0.05) is 54.6 Å². The summed E-state index contributed by atoms with van der Waals surface area (Å²) >= 11 is 0. The van der Waals surface area contributed by atoms with Gasteiger partial charge in [0.1, 0.15) is 16.7 Å². The molecule has 2 aromatic heterocycles. The zero-order chi connectivity index (χ0) is 28.6. The van der Waals surface area contributed by atoms with Gasteiger partial charge in [0, 0.05) is 37.3 Å². The van der Waals surface area contributed by atoms with Gasteiger partial charge in [0.25, 0.3) is 0 Å². The number of anilines is 1. The number of carbonyl (C=O) groups is 1. The molecule has 0 bridgehead atoms. The average Bonchev–Trinajstić information content (AvgIpc) is 3.34. The van der Waals surface area contributed by atoms with E-state index in [4.69, 9.17) is 23.9 Å². The topological polar surface area (TPSA) is 102 Å². The number of amides is 1. The molecule has 1 aliphatic carbocycles. The largest absolute Gasteiger partial charge is 0.480 e. The van der Waals surface area contributed by atoms with Crippen molar-refractivity contribution in [3.8, 4) is 28.3 Å². The number of rotatable bonds is 6. The maximum absolute atomic E-state index is 12.7. The quantitative estimate of drug-likeness (QED) is 0.304. The van der Waals surface area contributed by atoms with Crippen molar-refractivity contribution in [2.24, 2.45) is 0 Å². The summed E-state index contributed by atoms with van der Waals surface area (Å²) in [6, 6.07) is 18.4.